The average Bonchev–Trinajstić information content (AvgIpc) is 3.24. The molecule has 3 aromatic rings. The quantitative estimate of drug-likeness (QED) is 0.182. The van der Waals surface area contributed by atoms with Gasteiger partial charge in [-0.1, -0.05) is 74.9 Å². The zero-order chi connectivity index (χ0) is 31.3. The van der Waals surface area contributed by atoms with Crippen LogP contribution in [0, 0.1) is 33.5 Å². The molecule has 0 aromatic heterocycles. The molecule has 0 unspecified atom stereocenters. The molecule has 46 heavy (non-hydrogen) atoms. The Kier molecular flexibility index (Phi) is 9.22. The maximum absolute atomic E-state index is 14.2. The van der Waals surface area contributed by atoms with Crippen LogP contribution in [0.2, 0.25) is 0 Å². The van der Waals surface area contributed by atoms with E-state index < -0.39 is 12.7 Å². The lowest BCUT2D eigenvalue weighted by Gasteiger charge is -2.63. The van der Waals surface area contributed by atoms with Crippen LogP contribution in [-0.2, 0) is 14.3 Å². The van der Waals surface area contributed by atoms with Crippen LogP contribution in [0.25, 0.3) is 0 Å². The number of halogens is 1. The number of carbonyl (C=O) groups is 2. The van der Waals surface area contributed by atoms with Crippen LogP contribution in [0.3, 0.4) is 0 Å². The van der Waals surface area contributed by atoms with Gasteiger partial charge in [-0.05, 0) is 111 Å². The Morgan fingerprint density at radius 1 is 0.761 bits per heavy atom. The molecule has 0 aliphatic heterocycles. The lowest BCUT2D eigenvalue weighted by molar-refractivity contribution is -0.187. The minimum absolute atomic E-state index is 0. The summed E-state index contributed by atoms with van der Waals surface area (Å²) >= 11 is 0. The summed E-state index contributed by atoms with van der Waals surface area (Å²) in [5, 5.41) is 4.11. The second-order valence-corrected chi connectivity index (χ2v) is 19.3. The van der Waals surface area contributed by atoms with Gasteiger partial charge in [0.05, 0.1) is 18.2 Å². The summed E-state index contributed by atoms with van der Waals surface area (Å²) in [5.74, 6) is 1.39. The molecular formula is C41H50BrO3P. The van der Waals surface area contributed by atoms with Crippen LogP contribution in [0.15, 0.2) is 91.0 Å². The first-order chi connectivity index (χ1) is 21.7. The van der Waals surface area contributed by atoms with Crippen molar-refractivity contribution in [3.63, 3.8) is 0 Å². The molecule has 0 radical (unpaired) electrons. The van der Waals surface area contributed by atoms with E-state index in [0.29, 0.717) is 24.2 Å². The second-order valence-electron chi connectivity index (χ2n) is 15.7. The summed E-state index contributed by atoms with van der Waals surface area (Å²) < 4.78 is 6.34. The number of hydrogen-bond acceptors (Lipinski definition) is 3. The van der Waals surface area contributed by atoms with Crippen molar-refractivity contribution in [2.24, 2.45) is 33.5 Å². The van der Waals surface area contributed by atoms with Gasteiger partial charge in [-0.2, -0.15) is 0 Å². The summed E-state index contributed by atoms with van der Waals surface area (Å²) in [6, 6.07) is 32.9. The highest BCUT2D eigenvalue weighted by Crippen LogP contribution is 2.73. The van der Waals surface area contributed by atoms with Crippen LogP contribution in [0.4, 0.5) is 0 Å². The SMILES string of the molecule is C[C@@]12CC[C@@H]3[C@@](CC[C@H]4[C@@]3(C)CCC[C@@]4(C)C(=O)OCCC[P+](c3ccccc3)(c3ccccc3)c3ccccc3)(CC1=O)C2.[Br-]. The number of benzene rings is 3. The van der Waals surface area contributed by atoms with E-state index in [1.54, 1.807) is 0 Å². The first kappa shape index (κ1) is 33.6. The van der Waals surface area contributed by atoms with E-state index in [-0.39, 0.29) is 39.2 Å². The second kappa shape index (κ2) is 12.6. The molecule has 3 nitrogen and oxygen atoms in total. The molecule has 7 rings (SSSR count). The van der Waals surface area contributed by atoms with Crippen molar-refractivity contribution in [2.45, 2.75) is 85.0 Å². The Labute approximate surface area is 287 Å². The minimum atomic E-state index is -1.95. The number of hydrogen-bond donors (Lipinski definition) is 0. The predicted octanol–water partition coefficient (Wildman–Crippen LogP) is 5.29. The number of carbonyl (C=O) groups excluding carboxylic acids is 2. The molecular weight excluding hydrogens is 651 g/mol. The van der Waals surface area contributed by atoms with Crippen molar-refractivity contribution >= 4 is 34.9 Å². The van der Waals surface area contributed by atoms with Crippen molar-refractivity contribution in [1.82, 2.24) is 0 Å². The molecule has 3 aromatic carbocycles. The summed E-state index contributed by atoms with van der Waals surface area (Å²) in [6.07, 6.45) is 11.1. The fourth-order valence-electron chi connectivity index (χ4n) is 11.3. The number of Topliss-reactive ketones (excluding diaryl/α,β-unsaturated/α-hetero) is 1. The third-order valence-corrected chi connectivity index (χ3v) is 17.8. The predicted molar refractivity (Wildman–Crippen MR) is 186 cm³/mol. The number of fused-ring (bicyclic) bond motifs is 3. The highest BCUT2D eigenvalue weighted by Gasteiger charge is 2.68. The van der Waals surface area contributed by atoms with Gasteiger partial charge in [0.15, 0.2) is 0 Å². The molecule has 0 saturated heterocycles. The topological polar surface area (TPSA) is 43.4 Å². The van der Waals surface area contributed by atoms with Gasteiger partial charge in [0.25, 0.3) is 0 Å². The molecule has 2 bridgehead atoms. The van der Waals surface area contributed by atoms with Crippen molar-refractivity contribution in [3.8, 4) is 0 Å². The summed E-state index contributed by atoms with van der Waals surface area (Å²) in [5.41, 5.74) is -0.294. The Morgan fingerprint density at radius 2 is 1.30 bits per heavy atom. The molecule has 5 heteroatoms. The fourth-order valence-corrected chi connectivity index (χ4v) is 15.6. The van der Waals surface area contributed by atoms with Crippen molar-refractivity contribution in [1.29, 1.82) is 0 Å². The van der Waals surface area contributed by atoms with Crippen LogP contribution in [0.1, 0.15) is 85.0 Å². The van der Waals surface area contributed by atoms with Crippen molar-refractivity contribution < 1.29 is 31.3 Å². The number of ether oxygens (including phenoxy) is 1. The normalized spacial score (nSPS) is 33.3. The Balaban J connectivity index is 0.00000372. The van der Waals surface area contributed by atoms with E-state index in [1.807, 2.05) is 0 Å². The van der Waals surface area contributed by atoms with E-state index >= 15 is 0 Å². The monoisotopic (exact) mass is 700 g/mol. The third-order valence-electron chi connectivity index (χ3n) is 13.3. The van der Waals surface area contributed by atoms with E-state index in [9.17, 15) is 9.59 Å². The van der Waals surface area contributed by atoms with Gasteiger partial charge < -0.3 is 21.7 Å². The molecule has 0 amide bonds. The molecule has 4 aliphatic carbocycles. The van der Waals surface area contributed by atoms with Crippen molar-refractivity contribution in [2.75, 3.05) is 12.8 Å². The average molecular weight is 702 g/mol. The van der Waals surface area contributed by atoms with Gasteiger partial charge >= 0.3 is 5.97 Å². The van der Waals surface area contributed by atoms with Gasteiger partial charge in [0.1, 0.15) is 29.0 Å². The Bertz CT molecular complexity index is 1450. The summed E-state index contributed by atoms with van der Waals surface area (Å²) in [6.45, 7) is 7.38. The molecule has 4 saturated carbocycles. The lowest BCUT2D eigenvalue weighted by atomic mass is 9.40. The molecule has 244 valence electrons. The van der Waals surface area contributed by atoms with Gasteiger partial charge in [-0.15, -0.1) is 0 Å². The highest BCUT2D eigenvalue weighted by atomic mass is 79.9. The van der Waals surface area contributed by atoms with E-state index in [0.717, 1.165) is 63.9 Å². The maximum atomic E-state index is 14.2. The lowest BCUT2D eigenvalue weighted by Crippen LogP contribution is -3.00. The Hall–Kier alpha value is -2.29. The zero-order valence-corrected chi connectivity index (χ0v) is 30.3. The third kappa shape index (κ3) is 5.25. The first-order valence-electron chi connectivity index (χ1n) is 17.4. The maximum Gasteiger partial charge on any atom is 0.312 e. The van der Waals surface area contributed by atoms with Crippen LogP contribution >= 0.6 is 7.26 Å². The molecule has 0 heterocycles. The van der Waals surface area contributed by atoms with E-state index in [2.05, 4.69) is 112 Å². The van der Waals surface area contributed by atoms with E-state index in [4.69, 9.17) is 4.74 Å². The molecule has 4 aliphatic rings. The molecule has 4 fully saturated rings. The zero-order valence-electron chi connectivity index (χ0n) is 27.9. The number of esters is 1. The number of rotatable bonds is 8. The standard InChI is InChI=1S/C41H50O3P.BrH/c1-38-25-21-35-39(2)23-13-24-40(3,34(39)22-26-41(35,30-38)29-36(38)42)37(43)44-27-14-28-45(31-15-7-4-8-16-31,32-17-9-5-10-18-32)33-19-11-6-12-20-33;/h4-12,15-20,34-35H,13-14,21-30H2,1-3H3;1H/q+1;/p-1/t34-,35-,38-,39+,40+,41-;/m0./s1. The number of ketones is 1. The van der Waals surface area contributed by atoms with Crippen molar-refractivity contribution in [3.05, 3.63) is 91.0 Å². The Morgan fingerprint density at radius 3 is 1.87 bits per heavy atom. The summed E-state index contributed by atoms with van der Waals surface area (Å²) in [4.78, 5) is 27.3. The van der Waals surface area contributed by atoms with Gasteiger partial charge in [0, 0.05) is 18.3 Å². The highest BCUT2D eigenvalue weighted by molar-refractivity contribution is 7.95. The van der Waals surface area contributed by atoms with Crippen LogP contribution in [0.5, 0.6) is 0 Å². The smallest absolute Gasteiger partial charge is 0.312 e. The minimum Gasteiger partial charge on any atom is -1.00 e. The largest absolute Gasteiger partial charge is 1.00 e. The first-order valence-corrected chi connectivity index (χ1v) is 19.4. The molecule has 1 spiro atoms. The molecule has 0 N–H and O–H groups in total. The van der Waals surface area contributed by atoms with Gasteiger partial charge in [-0.25, -0.2) is 0 Å². The fraction of sp³-hybridized carbons (Fsp3) is 0.512. The van der Waals surface area contributed by atoms with Gasteiger partial charge in [-0.3, -0.25) is 9.59 Å². The molecule has 6 atom stereocenters. The van der Waals surface area contributed by atoms with E-state index in [1.165, 1.54) is 22.3 Å². The van der Waals surface area contributed by atoms with Gasteiger partial charge in [0.2, 0.25) is 0 Å². The van der Waals surface area contributed by atoms with Crippen LogP contribution < -0.4 is 32.9 Å². The summed E-state index contributed by atoms with van der Waals surface area (Å²) in [7, 11) is -1.95. The van der Waals surface area contributed by atoms with Crippen LogP contribution in [-0.4, -0.2) is 24.5 Å².